The SMILES string of the molecule is CCOC(=O)[C@H](N)C[S]. The van der Waals surface area contributed by atoms with E-state index < -0.39 is 12.0 Å². The standard InChI is InChI=1S/C5H10NO2S/c1-2-8-5(7)4(6)3-9/h4H,2-3,6H2,1H3/t4-/m1/s1. The van der Waals surface area contributed by atoms with Gasteiger partial charge in [-0.3, -0.25) is 4.79 Å². The van der Waals surface area contributed by atoms with Gasteiger partial charge >= 0.3 is 5.97 Å². The Labute approximate surface area is 60.0 Å². The van der Waals surface area contributed by atoms with Gasteiger partial charge in [0.05, 0.1) is 6.61 Å². The second kappa shape index (κ2) is 4.64. The molecule has 0 heterocycles. The number of rotatable bonds is 3. The minimum Gasteiger partial charge on any atom is -0.465 e. The van der Waals surface area contributed by atoms with Crippen molar-refractivity contribution in [2.45, 2.75) is 13.0 Å². The molecule has 0 aliphatic rings. The lowest BCUT2D eigenvalue weighted by atomic mass is 10.4. The predicted molar refractivity (Wildman–Crippen MR) is 37.1 cm³/mol. The first-order chi connectivity index (χ1) is 4.22. The zero-order valence-electron chi connectivity index (χ0n) is 5.29. The molecule has 0 aliphatic carbocycles. The van der Waals surface area contributed by atoms with Crippen LogP contribution in [0.4, 0.5) is 0 Å². The average Bonchev–Trinajstić information content (AvgIpc) is 1.87. The Bertz CT molecular complexity index is 97.0. The summed E-state index contributed by atoms with van der Waals surface area (Å²) in [6.45, 7) is 2.09. The lowest BCUT2D eigenvalue weighted by Crippen LogP contribution is -2.33. The highest BCUT2D eigenvalue weighted by atomic mass is 32.1. The average molecular weight is 148 g/mol. The maximum absolute atomic E-state index is 10.6. The van der Waals surface area contributed by atoms with E-state index in [9.17, 15) is 4.79 Å². The van der Waals surface area contributed by atoms with Crippen molar-refractivity contribution in [2.24, 2.45) is 5.73 Å². The molecule has 0 amide bonds. The van der Waals surface area contributed by atoms with Gasteiger partial charge in [-0.2, -0.15) is 0 Å². The molecule has 0 saturated carbocycles. The van der Waals surface area contributed by atoms with Crippen LogP contribution in [0.1, 0.15) is 6.92 Å². The molecule has 4 heteroatoms. The summed E-state index contributed by atoms with van der Waals surface area (Å²) in [4.78, 5) is 10.6. The minimum atomic E-state index is -0.625. The molecule has 0 unspecified atom stereocenters. The van der Waals surface area contributed by atoms with Crippen LogP contribution in [0, 0.1) is 0 Å². The van der Waals surface area contributed by atoms with Crippen molar-refractivity contribution in [3.05, 3.63) is 0 Å². The molecule has 3 nitrogen and oxygen atoms in total. The first-order valence-corrected chi connectivity index (χ1v) is 3.30. The van der Waals surface area contributed by atoms with E-state index in [4.69, 9.17) is 5.73 Å². The van der Waals surface area contributed by atoms with Gasteiger partial charge in [-0.15, -0.1) is 0 Å². The lowest BCUT2D eigenvalue weighted by Gasteiger charge is -2.05. The fourth-order valence-electron chi connectivity index (χ4n) is 0.317. The van der Waals surface area contributed by atoms with Crippen LogP contribution in [0.25, 0.3) is 0 Å². The van der Waals surface area contributed by atoms with E-state index in [1.165, 1.54) is 0 Å². The molecule has 0 fully saturated rings. The van der Waals surface area contributed by atoms with Gasteiger partial charge in [0.15, 0.2) is 0 Å². The fraction of sp³-hybridized carbons (Fsp3) is 0.800. The number of ether oxygens (including phenoxy) is 1. The van der Waals surface area contributed by atoms with Gasteiger partial charge < -0.3 is 10.5 Å². The van der Waals surface area contributed by atoms with E-state index >= 15 is 0 Å². The van der Waals surface area contributed by atoms with Gasteiger partial charge in [0.2, 0.25) is 0 Å². The molecule has 53 valence electrons. The molecule has 2 N–H and O–H groups in total. The van der Waals surface area contributed by atoms with Crippen molar-refractivity contribution in [3.63, 3.8) is 0 Å². The zero-order chi connectivity index (χ0) is 7.28. The summed E-state index contributed by atoms with van der Waals surface area (Å²) < 4.78 is 4.56. The van der Waals surface area contributed by atoms with E-state index in [2.05, 4.69) is 17.4 Å². The van der Waals surface area contributed by atoms with Gasteiger partial charge in [0.1, 0.15) is 6.04 Å². The van der Waals surface area contributed by atoms with Crippen LogP contribution in [0.15, 0.2) is 0 Å². The van der Waals surface area contributed by atoms with Crippen molar-refractivity contribution >= 4 is 18.6 Å². The van der Waals surface area contributed by atoms with Gasteiger partial charge in [0.25, 0.3) is 0 Å². The first kappa shape index (κ1) is 8.78. The molecule has 0 aromatic carbocycles. The van der Waals surface area contributed by atoms with E-state index in [-0.39, 0.29) is 5.75 Å². The van der Waals surface area contributed by atoms with Crippen LogP contribution in [0.2, 0.25) is 0 Å². The molecule has 9 heavy (non-hydrogen) atoms. The minimum absolute atomic E-state index is 0.221. The summed E-state index contributed by atoms with van der Waals surface area (Å²) in [5.74, 6) is -0.189. The monoisotopic (exact) mass is 148 g/mol. The Kier molecular flexibility index (Phi) is 4.53. The number of carbonyl (C=O) groups is 1. The number of hydrogen-bond acceptors (Lipinski definition) is 3. The molecule has 1 radical (unpaired) electrons. The second-order valence-corrected chi connectivity index (χ2v) is 1.86. The number of carbonyl (C=O) groups excluding carboxylic acids is 1. The summed E-state index contributed by atoms with van der Waals surface area (Å²) >= 11 is 4.54. The van der Waals surface area contributed by atoms with Crippen LogP contribution in [-0.4, -0.2) is 24.4 Å². The Morgan fingerprint density at radius 1 is 1.89 bits per heavy atom. The largest absolute Gasteiger partial charge is 0.465 e. The van der Waals surface area contributed by atoms with E-state index in [0.717, 1.165) is 0 Å². The molecule has 0 aromatic rings. The molecular weight excluding hydrogens is 138 g/mol. The van der Waals surface area contributed by atoms with Gasteiger partial charge in [-0.05, 0) is 6.92 Å². The fourth-order valence-corrected chi connectivity index (χ4v) is 0.453. The van der Waals surface area contributed by atoms with Crippen molar-refractivity contribution in [1.82, 2.24) is 0 Å². The van der Waals surface area contributed by atoms with Crippen molar-refractivity contribution in [1.29, 1.82) is 0 Å². The molecular formula is C5H10NO2S. The number of nitrogens with two attached hydrogens (primary N) is 1. The van der Waals surface area contributed by atoms with E-state index in [0.29, 0.717) is 6.61 Å². The lowest BCUT2D eigenvalue weighted by molar-refractivity contribution is -0.144. The van der Waals surface area contributed by atoms with E-state index in [1.54, 1.807) is 6.92 Å². The predicted octanol–water partition coefficient (Wildman–Crippen LogP) is 0.0743. The third-order valence-corrected chi connectivity index (χ3v) is 1.13. The Hall–Kier alpha value is -0.220. The van der Waals surface area contributed by atoms with Crippen molar-refractivity contribution < 1.29 is 9.53 Å². The Balaban J connectivity index is 3.46. The van der Waals surface area contributed by atoms with E-state index in [1.807, 2.05) is 0 Å². The smallest absolute Gasteiger partial charge is 0.323 e. The van der Waals surface area contributed by atoms with Crippen LogP contribution < -0.4 is 5.73 Å². The summed E-state index contributed by atoms with van der Waals surface area (Å²) in [6, 6.07) is -0.625. The maximum Gasteiger partial charge on any atom is 0.323 e. The molecule has 0 spiro atoms. The van der Waals surface area contributed by atoms with Gasteiger partial charge in [0, 0.05) is 5.75 Å². The molecule has 0 rings (SSSR count). The molecule has 0 aromatic heterocycles. The normalized spacial score (nSPS) is 12.8. The van der Waals surface area contributed by atoms with Crippen molar-refractivity contribution in [2.75, 3.05) is 12.4 Å². The Morgan fingerprint density at radius 3 is 2.78 bits per heavy atom. The maximum atomic E-state index is 10.6. The van der Waals surface area contributed by atoms with Crippen molar-refractivity contribution in [3.8, 4) is 0 Å². The highest BCUT2D eigenvalue weighted by molar-refractivity contribution is 7.80. The van der Waals surface area contributed by atoms with Crippen LogP contribution >= 0.6 is 12.6 Å². The van der Waals surface area contributed by atoms with Gasteiger partial charge in [-0.1, -0.05) is 12.6 Å². The summed E-state index contributed by atoms with van der Waals surface area (Å²) in [5, 5.41) is 0. The summed E-state index contributed by atoms with van der Waals surface area (Å²) in [7, 11) is 0. The molecule has 0 bridgehead atoms. The summed E-state index contributed by atoms with van der Waals surface area (Å²) in [6.07, 6.45) is 0. The van der Waals surface area contributed by atoms with Crippen LogP contribution in [0.3, 0.4) is 0 Å². The van der Waals surface area contributed by atoms with Crippen LogP contribution in [-0.2, 0) is 9.53 Å². The zero-order valence-corrected chi connectivity index (χ0v) is 6.11. The van der Waals surface area contributed by atoms with Gasteiger partial charge in [-0.25, -0.2) is 0 Å². The Morgan fingerprint density at radius 2 is 2.44 bits per heavy atom. The quantitative estimate of drug-likeness (QED) is 0.576. The molecule has 1 atom stereocenters. The third kappa shape index (κ3) is 3.37. The third-order valence-electron chi connectivity index (χ3n) is 0.769. The number of hydrogen-bond donors (Lipinski definition) is 1. The molecule has 0 saturated heterocycles. The second-order valence-electron chi connectivity index (χ2n) is 1.53. The molecule has 0 aliphatic heterocycles. The highest BCUT2D eigenvalue weighted by Gasteiger charge is 2.11. The van der Waals surface area contributed by atoms with Crippen LogP contribution in [0.5, 0.6) is 0 Å². The number of esters is 1. The topological polar surface area (TPSA) is 52.3 Å². The first-order valence-electron chi connectivity index (χ1n) is 2.72. The summed E-state index contributed by atoms with van der Waals surface area (Å²) in [5.41, 5.74) is 5.22. The highest BCUT2D eigenvalue weighted by Crippen LogP contribution is 1.87.